The number of nitrogens with zero attached hydrogens (tertiary/aromatic N) is 1. The third-order valence-electron chi connectivity index (χ3n) is 4.96. The van der Waals surface area contributed by atoms with E-state index in [1.807, 2.05) is 6.92 Å². The first kappa shape index (κ1) is 23.3. The third kappa shape index (κ3) is 5.30. The molecule has 0 radical (unpaired) electrons. The number of ketones is 1. The van der Waals surface area contributed by atoms with Crippen molar-refractivity contribution in [2.75, 3.05) is 17.1 Å². The second-order valence-electron chi connectivity index (χ2n) is 7.15. The number of benzene rings is 2. The highest BCUT2D eigenvalue weighted by molar-refractivity contribution is 7.92. The Bertz CT molecular complexity index is 1200. The molecule has 164 valence electrons. The summed E-state index contributed by atoms with van der Waals surface area (Å²) in [7, 11) is -1.78. The molecule has 0 fully saturated rings. The van der Waals surface area contributed by atoms with Gasteiger partial charge in [0.25, 0.3) is 0 Å². The van der Waals surface area contributed by atoms with Crippen molar-refractivity contribution in [3.63, 3.8) is 0 Å². The van der Waals surface area contributed by atoms with Crippen molar-refractivity contribution in [2.24, 2.45) is 7.05 Å². The molecule has 0 aliphatic heterocycles. The van der Waals surface area contributed by atoms with E-state index in [1.165, 1.54) is 0 Å². The predicted octanol–water partition coefficient (Wildman–Crippen LogP) is 4.20. The molecule has 0 spiro atoms. The Hall–Kier alpha value is -2.32. The van der Waals surface area contributed by atoms with Crippen LogP contribution in [0.3, 0.4) is 0 Å². The van der Waals surface area contributed by atoms with Crippen LogP contribution >= 0.6 is 23.2 Å². The standard InChI is InChI=1S/C22H22Cl2N2O4S/c1-14-20(24)19(26(2)21(14)22(28)16-5-7-17(23)8-6-16)13-15-3-9-18(10-4-15)25-31(29,30)12-11-27/h3-10,25,27H,11-13H2,1-2H3. The van der Waals surface area contributed by atoms with Gasteiger partial charge in [0.2, 0.25) is 15.8 Å². The van der Waals surface area contributed by atoms with E-state index in [9.17, 15) is 13.2 Å². The van der Waals surface area contributed by atoms with Crippen LogP contribution in [0, 0.1) is 6.92 Å². The molecule has 0 amide bonds. The number of aliphatic hydroxyl groups excluding tert-OH is 1. The van der Waals surface area contributed by atoms with Crippen molar-refractivity contribution in [1.82, 2.24) is 4.57 Å². The fourth-order valence-electron chi connectivity index (χ4n) is 3.35. The monoisotopic (exact) mass is 480 g/mol. The zero-order valence-corrected chi connectivity index (χ0v) is 19.4. The average molecular weight is 481 g/mol. The van der Waals surface area contributed by atoms with E-state index in [1.54, 1.807) is 60.1 Å². The molecule has 31 heavy (non-hydrogen) atoms. The van der Waals surface area contributed by atoms with Gasteiger partial charge in [-0.15, -0.1) is 0 Å². The van der Waals surface area contributed by atoms with Gasteiger partial charge in [0, 0.05) is 35.4 Å². The molecule has 6 nitrogen and oxygen atoms in total. The molecule has 1 aromatic heterocycles. The van der Waals surface area contributed by atoms with Crippen LogP contribution in [0.1, 0.15) is 32.9 Å². The lowest BCUT2D eigenvalue weighted by atomic mass is 10.1. The summed E-state index contributed by atoms with van der Waals surface area (Å²) in [5, 5.41) is 9.90. The number of aliphatic hydroxyl groups is 1. The van der Waals surface area contributed by atoms with Gasteiger partial charge in [-0.1, -0.05) is 35.3 Å². The number of hydrogen-bond acceptors (Lipinski definition) is 4. The molecule has 9 heteroatoms. The van der Waals surface area contributed by atoms with E-state index >= 15 is 0 Å². The first-order chi connectivity index (χ1) is 14.6. The van der Waals surface area contributed by atoms with Gasteiger partial charge < -0.3 is 9.67 Å². The largest absolute Gasteiger partial charge is 0.395 e. The summed E-state index contributed by atoms with van der Waals surface area (Å²) in [4.78, 5) is 13.0. The summed E-state index contributed by atoms with van der Waals surface area (Å²) in [6, 6.07) is 13.6. The van der Waals surface area contributed by atoms with E-state index in [0.717, 1.165) is 11.3 Å². The Labute approximate surface area is 191 Å². The predicted molar refractivity (Wildman–Crippen MR) is 124 cm³/mol. The van der Waals surface area contributed by atoms with Crippen LogP contribution in [0.2, 0.25) is 10.0 Å². The van der Waals surface area contributed by atoms with Crippen LogP contribution < -0.4 is 4.72 Å². The smallest absolute Gasteiger partial charge is 0.234 e. The van der Waals surface area contributed by atoms with Crippen LogP contribution in [0.15, 0.2) is 48.5 Å². The highest BCUT2D eigenvalue weighted by Gasteiger charge is 2.23. The van der Waals surface area contributed by atoms with Gasteiger partial charge in [-0.25, -0.2) is 8.42 Å². The van der Waals surface area contributed by atoms with Crippen molar-refractivity contribution in [1.29, 1.82) is 0 Å². The number of rotatable bonds is 8. The number of anilines is 1. The van der Waals surface area contributed by atoms with Gasteiger partial charge in [0.05, 0.1) is 23.1 Å². The number of carbonyl (C=O) groups excluding carboxylic acids is 1. The van der Waals surface area contributed by atoms with E-state index in [0.29, 0.717) is 39.0 Å². The van der Waals surface area contributed by atoms with Gasteiger partial charge in [0.15, 0.2) is 0 Å². The minimum absolute atomic E-state index is 0.140. The Balaban J connectivity index is 1.85. The van der Waals surface area contributed by atoms with E-state index in [4.69, 9.17) is 28.3 Å². The highest BCUT2D eigenvalue weighted by Crippen LogP contribution is 2.30. The summed E-state index contributed by atoms with van der Waals surface area (Å²) in [5.41, 5.74) is 3.83. The summed E-state index contributed by atoms with van der Waals surface area (Å²) in [5.74, 6) is -0.504. The van der Waals surface area contributed by atoms with Gasteiger partial charge in [-0.05, 0) is 54.4 Å². The number of aromatic nitrogens is 1. The number of nitrogens with one attached hydrogen (secondary N) is 1. The number of sulfonamides is 1. The molecule has 3 aromatic rings. The first-order valence-electron chi connectivity index (χ1n) is 9.47. The third-order valence-corrected chi connectivity index (χ3v) is 6.98. The SMILES string of the molecule is Cc1c(Cl)c(Cc2ccc(NS(=O)(=O)CCO)cc2)n(C)c1C(=O)c1ccc(Cl)cc1. The summed E-state index contributed by atoms with van der Waals surface area (Å²) >= 11 is 12.5. The number of carbonyl (C=O) groups is 1. The molecule has 3 rings (SSSR count). The first-order valence-corrected chi connectivity index (χ1v) is 11.9. The van der Waals surface area contributed by atoms with E-state index in [2.05, 4.69) is 4.72 Å². The molecule has 0 aliphatic rings. The molecule has 0 bridgehead atoms. The minimum atomic E-state index is -3.58. The van der Waals surface area contributed by atoms with Gasteiger partial charge >= 0.3 is 0 Å². The van der Waals surface area contributed by atoms with Crippen molar-refractivity contribution >= 4 is 44.7 Å². The Morgan fingerprint density at radius 2 is 1.68 bits per heavy atom. The molecule has 0 saturated heterocycles. The molecular formula is C22H22Cl2N2O4S. The van der Waals surface area contributed by atoms with Crippen LogP contribution in [0.25, 0.3) is 0 Å². The van der Waals surface area contributed by atoms with Crippen molar-refractivity contribution in [3.8, 4) is 0 Å². The summed E-state index contributed by atoms with van der Waals surface area (Å²) < 4.78 is 27.8. The maximum absolute atomic E-state index is 13.0. The molecule has 0 aliphatic carbocycles. The van der Waals surface area contributed by atoms with Crippen molar-refractivity contribution in [3.05, 3.63) is 86.7 Å². The number of halogens is 2. The highest BCUT2D eigenvalue weighted by atomic mass is 35.5. The van der Waals surface area contributed by atoms with Crippen LogP contribution in [0.5, 0.6) is 0 Å². The van der Waals surface area contributed by atoms with Crippen LogP contribution in [-0.4, -0.2) is 36.2 Å². The fourth-order valence-corrected chi connectivity index (χ4v) is 4.59. The summed E-state index contributed by atoms with van der Waals surface area (Å²) in [6.45, 7) is 1.36. The maximum Gasteiger partial charge on any atom is 0.234 e. The molecule has 1 heterocycles. The molecule has 0 unspecified atom stereocenters. The summed E-state index contributed by atoms with van der Waals surface area (Å²) in [6.07, 6.45) is 0.466. The van der Waals surface area contributed by atoms with Crippen LogP contribution in [0.4, 0.5) is 5.69 Å². The lowest BCUT2D eigenvalue weighted by molar-refractivity contribution is 0.103. The zero-order valence-electron chi connectivity index (χ0n) is 17.0. The molecule has 2 N–H and O–H groups in total. The lowest BCUT2D eigenvalue weighted by Gasteiger charge is -2.10. The van der Waals surface area contributed by atoms with Gasteiger partial charge in [-0.3, -0.25) is 9.52 Å². The molecule has 0 atom stereocenters. The quantitative estimate of drug-likeness (QED) is 0.472. The second kappa shape index (κ2) is 9.44. The fraction of sp³-hybridized carbons (Fsp3) is 0.227. The van der Waals surface area contributed by atoms with Crippen molar-refractivity contribution in [2.45, 2.75) is 13.3 Å². The van der Waals surface area contributed by atoms with Crippen LogP contribution in [-0.2, 0) is 23.5 Å². The van der Waals surface area contributed by atoms with Gasteiger partial charge in [-0.2, -0.15) is 0 Å². The maximum atomic E-state index is 13.0. The Morgan fingerprint density at radius 3 is 2.26 bits per heavy atom. The zero-order chi connectivity index (χ0) is 22.8. The number of hydrogen-bond donors (Lipinski definition) is 2. The van der Waals surface area contributed by atoms with Crippen molar-refractivity contribution < 1.29 is 18.3 Å². The Kier molecular flexibility index (Phi) is 7.11. The topological polar surface area (TPSA) is 88.4 Å². The minimum Gasteiger partial charge on any atom is -0.395 e. The van der Waals surface area contributed by atoms with Gasteiger partial charge in [0.1, 0.15) is 0 Å². The second-order valence-corrected chi connectivity index (χ2v) is 9.80. The molecule has 0 saturated carbocycles. The average Bonchev–Trinajstić information content (AvgIpc) is 2.92. The van der Waals surface area contributed by atoms with E-state index < -0.39 is 16.6 Å². The Morgan fingerprint density at radius 1 is 1.06 bits per heavy atom. The molecule has 2 aromatic carbocycles. The normalized spacial score (nSPS) is 11.5. The molecular weight excluding hydrogens is 459 g/mol. The lowest BCUT2D eigenvalue weighted by Crippen LogP contribution is -2.18. The van der Waals surface area contributed by atoms with E-state index in [-0.39, 0.29) is 11.5 Å².